The van der Waals surface area contributed by atoms with Crippen LogP contribution in [0.3, 0.4) is 0 Å². The van der Waals surface area contributed by atoms with Crippen LogP contribution in [0.4, 0.5) is 0 Å². The van der Waals surface area contributed by atoms with Gasteiger partial charge in [0.2, 0.25) is 5.88 Å². The van der Waals surface area contributed by atoms with E-state index in [-0.39, 0.29) is 11.8 Å². The zero-order chi connectivity index (χ0) is 13.1. The molecule has 1 aromatic rings. The fourth-order valence-corrected chi connectivity index (χ4v) is 1.83. The minimum Gasteiger partial charge on any atom is -0.497 e. The number of ether oxygens (including phenoxy) is 2. The van der Waals surface area contributed by atoms with E-state index in [0.717, 1.165) is 5.56 Å². The van der Waals surface area contributed by atoms with Gasteiger partial charge in [0.25, 0.3) is 5.91 Å². The van der Waals surface area contributed by atoms with E-state index in [9.17, 15) is 4.79 Å². The van der Waals surface area contributed by atoms with Crippen LogP contribution >= 0.6 is 0 Å². The van der Waals surface area contributed by atoms with Crippen molar-refractivity contribution in [1.29, 1.82) is 5.26 Å². The van der Waals surface area contributed by atoms with E-state index in [1.54, 1.807) is 18.2 Å². The summed E-state index contributed by atoms with van der Waals surface area (Å²) in [5.41, 5.74) is 1.67. The van der Waals surface area contributed by atoms with E-state index in [2.05, 4.69) is 5.32 Å². The molecule has 0 atom stereocenters. The Hall–Kier alpha value is -2.48. The smallest absolute Gasteiger partial charge is 0.258 e. The lowest BCUT2D eigenvalue weighted by molar-refractivity contribution is 0.0936. The van der Waals surface area contributed by atoms with Gasteiger partial charge in [-0.05, 0) is 17.7 Å². The zero-order valence-corrected chi connectivity index (χ0v) is 10.1. The number of rotatable bonds is 2. The molecule has 5 nitrogen and oxygen atoms in total. The number of benzene rings is 1. The number of carbonyl (C=O) groups is 1. The molecular formula is C13H12N2O3. The van der Waals surface area contributed by atoms with Gasteiger partial charge in [-0.2, -0.15) is 5.26 Å². The Bertz CT molecular complexity index is 570. The second-order valence-corrected chi connectivity index (χ2v) is 3.78. The maximum Gasteiger partial charge on any atom is 0.258 e. The molecule has 1 aromatic carbocycles. The number of methoxy groups -OCH3 is 2. The first-order valence-corrected chi connectivity index (χ1v) is 5.35. The van der Waals surface area contributed by atoms with Crippen molar-refractivity contribution >= 4 is 5.91 Å². The van der Waals surface area contributed by atoms with Gasteiger partial charge in [0.05, 0.1) is 19.8 Å². The monoisotopic (exact) mass is 244 g/mol. The van der Waals surface area contributed by atoms with Crippen LogP contribution in [0.2, 0.25) is 0 Å². The minimum atomic E-state index is -0.300. The highest BCUT2D eigenvalue weighted by Gasteiger charge is 2.22. The lowest BCUT2D eigenvalue weighted by Crippen LogP contribution is -2.23. The fraction of sp³-hybridized carbons (Fsp3) is 0.231. The Morgan fingerprint density at radius 2 is 2.11 bits per heavy atom. The van der Waals surface area contributed by atoms with Crippen molar-refractivity contribution in [2.24, 2.45) is 0 Å². The van der Waals surface area contributed by atoms with Gasteiger partial charge in [0.15, 0.2) is 0 Å². The SMILES string of the molecule is COC1=C(C#N)Cc2ccc(OC)cc2C(=O)N1. The van der Waals surface area contributed by atoms with Gasteiger partial charge >= 0.3 is 0 Å². The van der Waals surface area contributed by atoms with Crippen LogP contribution in [-0.2, 0) is 11.2 Å². The summed E-state index contributed by atoms with van der Waals surface area (Å²) in [5.74, 6) is 0.506. The summed E-state index contributed by atoms with van der Waals surface area (Å²) in [4.78, 5) is 12.0. The molecule has 18 heavy (non-hydrogen) atoms. The zero-order valence-electron chi connectivity index (χ0n) is 10.1. The van der Waals surface area contributed by atoms with Gasteiger partial charge in [0.1, 0.15) is 11.8 Å². The van der Waals surface area contributed by atoms with Crippen molar-refractivity contribution < 1.29 is 14.3 Å². The van der Waals surface area contributed by atoms with Crippen LogP contribution in [0, 0.1) is 11.3 Å². The molecule has 0 aliphatic carbocycles. The molecular weight excluding hydrogens is 232 g/mol. The molecule has 1 N–H and O–H groups in total. The Kier molecular flexibility index (Phi) is 3.20. The lowest BCUT2D eigenvalue weighted by Gasteiger charge is -2.07. The highest BCUT2D eigenvalue weighted by molar-refractivity contribution is 5.97. The topological polar surface area (TPSA) is 71.3 Å². The molecule has 0 spiro atoms. The third-order valence-corrected chi connectivity index (χ3v) is 2.77. The molecule has 0 radical (unpaired) electrons. The van der Waals surface area contributed by atoms with Gasteiger partial charge in [-0.25, -0.2) is 0 Å². The molecule has 0 saturated carbocycles. The van der Waals surface area contributed by atoms with Crippen molar-refractivity contribution in [3.05, 3.63) is 40.8 Å². The summed E-state index contributed by atoms with van der Waals surface area (Å²) in [6.45, 7) is 0. The fourth-order valence-electron chi connectivity index (χ4n) is 1.83. The maximum atomic E-state index is 12.0. The standard InChI is InChI=1S/C13H12N2O3/c1-17-10-4-3-8-5-9(7-14)13(18-2)15-12(16)11(8)6-10/h3-4,6H,5H2,1-2H3,(H,15,16). The van der Waals surface area contributed by atoms with Gasteiger partial charge in [-0.1, -0.05) is 6.07 Å². The summed E-state index contributed by atoms with van der Waals surface area (Å²) in [6, 6.07) is 7.24. The first-order valence-electron chi connectivity index (χ1n) is 5.35. The van der Waals surface area contributed by atoms with Crippen molar-refractivity contribution in [1.82, 2.24) is 5.32 Å². The molecule has 0 saturated heterocycles. The first kappa shape index (κ1) is 12.0. The number of allylic oxidation sites excluding steroid dienone is 1. The van der Waals surface area contributed by atoms with Crippen molar-refractivity contribution in [3.8, 4) is 11.8 Å². The van der Waals surface area contributed by atoms with Crippen LogP contribution in [0.25, 0.3) is 0 Å². The van der Waals surface area contributed by atoms with Crippen molar-refractivity contribution in [2.75, 3.05) is 14.2 Å². The highest BCUT2D eigenvalue weighted by atomic mass is 16.5. The number of hydrogen-bond donors (Lipinski definition) is 1. The molecule has 2 rings (SSSR count). The molecule has 1 aliphatic rings. The molecule has 1 amide bonds. The average Bonchev–Trinajstić information content (AvgIpc) is 2.55. The van der Waals surface area contributed by atoms with E-state index in [0.29, 0.717) is 23.3 Å². The molecule has 0 unspecified atom stereocenters. The summed E-state index contributed by atoms with van der Waals surface area (Å²) in [7, 11) is 2.96. The second kappa shape index (κ2) is 4.80. The van der Waals surface area contributed by atoms with E-state index >= 15 is 0 Å². The van der Waals surface area contributed by atoms with E-state index in [1.165, 1.54) is 14.2 Å². The third kappa shape index (κ3) is 2.00. The number of nitrogens with one attached hydrogen (secondary N) is 1. The van der Waals surface area contributed by atoms with Gasteiger partial charge in [-0.15, -0.1) is 0 Å². The summed E-state index contributed by atoms with van der Waals surface area (Å²) < 4.78 is 10.1. The summed E-state index contributed by atoms with van der Waals surface area (Å²) in [6.07, 6.45) is 0.359. The quantitative estimate of drug-likeness (QED) is 0.852. The number of carbonyl (C=O) groups excluding carboxylic acids is 1. The van der Waals surface area contributed by atoms with Crippen LogP contribution in [0.1, 0.15) is 15.9 Å². The molecule has 0 aromatic heterocycles. The normalized spacial score (nSPS) is 14.2. The molecule has 1 aliphatic heterocycles. The number of hydrogen-bond acceptors (Lipinski definition) is 4. The Morgan fingerprint density at radius 1 is 1.33 bits per heavy atom. The molecule has 0 fully saturated rings. The minimum absolute atomic E-state index is 0.206. The van der Waals surface area contributed by atoms with Crippen molar-refractivity contribution in [3.63, 3.8) is 0 Å². The maximum absolute atomic E-state index is 12.0. The van der Waals surface area contributed by atoms with E-state index in [4.69, 9.17) is 14.7 Å². The van der Waals surface area contributed by atoms with Gasteiger partial charge < -0.3 is 9.47 Å². The first-order chi connectivity index (χ1) is 8.69. The van der Waals surface area contributed by atoms with E-state index in [1.807, 2.05) is 6.07 Å². The predicted octanol–water partition coefficient (Wildman–Crippen LogP) is 1.36. The predicted molar refractivity (Wildman–Crippen MR) is 63.8 cm³/mol. The molecule has 0 bridgehead atoms. The Morgan fingerprint density at radius 3 is 2.72 bits per heavy atom. The van der Waals surface area contributed by atoms with Crippen LogP contribution in [-0.4, -0.2) is 20.1 Å². The average molecular weight is 244 g/mol. The summed E-state index contributed by atoms with van der Waals surface area (Å²) >= 11 is 0. The van der Waals surface area contributed by atoms with Gasteiger partial charge in [-0.3, -0.25) is 10.1 Å². The number of amides is 1. The molecule has 92 valence electrons. The van der Waals surface area contributed by atoms with Crippen LogP contribution in [0.15, 0.2) is 29.7 Å². The van der Waals surface area contributed by atoms with Crippen molar-refractivity contribution in [2.45, 2.75) is 6.42 Å². The molecule has 1 heterocycles. The highest BCUT2D eigenvalue weighted by Crippen LogP contribution is 2.24. The van der Waals surface area contributed by atoms with E-state index < -0.39 is 0 Å². The Labute approximate surface area is 105 Å². The van der Waals surface area contributed by atoms with Crippen LogP contribution < -0.4 is 10.1 Å². The summed E-state index contributed by atoms with van der Waals surface area (Å²) in [5, 5.41) is 11.6. The second-order valence-electron chi connectivity index (χ2n) is 3.78. The number of fused-ring (bicyclic) bond motifs is 1. The number of nitriles is 1. The number of nitrogens with zero attached hydrogens (tertiary/aromatic N) is 1. The van der Waals surface area contributed by atoms with Crippen LogP contribution in [0.5, 0.6) is 5.75 Å². The molecule has 5 heteroatoms. The lowest BCUT2D eigenvalue weighted by atomic mass is 10.0. The third-order valence-electron chi connectivity index (χ3n) is 2.77. The Balaban J connectivity index is 2.51. The van der Waals surface area contributed by atoms with Gasteiger partial charge in [0, 0.05) is 12.0 Å². The largest absolute Gasteiger partial charge is 0.497 e.